The third-order valence-electron chi connectivity index (χ3n) is 2.97. The van der Waals surface area contributed by atoms with Gasteiger partial charge in [0.05, 0.1) is 25.2 Å². The van der Waals surface area contributed by atoms with E-state index in [2.05, 4.69) is 10.3 Å². The molecular formula is C11H19N3O2. The number of ether oxygens (including phenoxy) is 1. The number of methoxy groups -OCH3 is 1. The number of hydrogen-bond acceptors (Lipinski definition) is 4. The summed E-state index contributed by atoms with van der Waals surface area (Å²) in [5.41, 5.74) is 2.04. The SMILES string of the molecule is CNC(C(=O)OC)C(C)n1cnc(C)c1C. The van der Waals surface area contributed by atoms with Gasteiger partial charge in [0.15, 0.2) is 0 Å². The number of rotatable bonds is 4. The van der Waals surface area contributed by atoms with Crippen molar-refractivity contribution in [2.24, 2.45) is 0 Å². The highest BCUT2D eigenvalue weighted by molar-refractivity contribution is 5.76. The summed E-state index contributed by atoms with van der Waals surface area (Å²) in [7, 11) is 3.14. The number of aromatic nitrogens is 2. The second-order valence-corrected chi connectivity index (χ2v) is 3.85. The van der Waals surface area contributed by atoms with Crippen molar-refractivity contribution in [3.63, 3.8) is 0 Å². The first-order chi connectivity index (χ1) is 7.52. The van der Waals surface area contributed by atoms with Crippen LogP contribution in [0.25, 0.3) is 0 Å². The van der Waals surface area contributed by atoms with Gasteiger partial charge < -0.3 is 14.6 Å². The Labute approximate surface area is 95.8 Å². The molecule has 0 aliphatic carbocycles. The largest absolute Gasteiger partial charge is 0.468 e. The Morgan fingerprint density at radius 3 is 2.56 bits per heavy atom. The van der Waals surface area contributed by atoms with E-state index in [0.29, 0.717) is 0 Å². The summed E-state index contributed by atoms with van der Waals surface area (Å²) in [5, 5.41) is 2.96. The second kappa shape index (κ2) is 5.12. The van der Waals surface area contributed by atoms with Crippen molar-refractivity contribution in [3.05, 3.63) is 17.7 Å². The molecule has 2 atom stereocenters. The van der Waals surface area contributed by atoms with Crippen LogP contribution in [0.4, 0.5) is 0 Å². The first kappa shape index (κ1) is 12.7. The summed E-state index contributed by atoms with van der Waals surface area (Å²) in [6, 6.07) is -0.393. The Balaban J connectivity index is 2.95. The van der Waals surface area contributed by atoms with Crippen LogP contribution in [0, 0.1) is 13.8 Å². The Bertz CT molecular complexity index is 373. The van der Waals surface area contributed by atoms with Crippen LogP contribution in [0.2, 0.25) is 0 Å². The predicted molar refractivity (Wildman–Crippen MR) is 61.3 cm³/mol. The lowest BCUT2D eigenvalue weighted by molar-refractivity contribution is -0.144. The fourth-order valence-corrected chi connectivity index (χ4v) is 1.77. The van der Waals surface area contributed by atoms with Crippen molar-refractivity contribution < 1.29 is 9.53 Å². The molecule has 0 saturated heterocycles. The molecule has 1 aromatic heterocycles. The van der Waals surface area contributed by atoms with E-state index in [1.807, 2.05) is 25.3 Å². The number of carbonyl (C=O) groups excluding carboxylic acids is 1. The van der Waals surface area contributed by atoms with Crippen molar-refractivity contribution in [1.82, 2.24) is 14.9 Å². The van der Waals surface area contributed by atoms with E-state index < -0.39 is 0 Å². The van der Waals surface area contributed by atoms with Crippen molar-refractivity contribution >= 4 is 5.97 Å². The van der Waals surface area contributed by atoms with Gasteiger partial charge in [-0.3, -0.25) is 4.79 Å². The molecule has 0 spiro atoms. The van der Waals surface area contributed by atoms with Crippen LogP contribution >= 0.6 is 0 Å². The van der Waals surface area contributed by atoms with E-state index >= 15 is 0 Å². The van der Waals surface area contributed by atoms with Crippen molar-refractivity contribution in [2.45, 2.75) is 32.9 Å². The first-order valence-electron chi connectivity index (χ1n) is 5.28. The number of aryl methyl sites for hydroxylation is 1. The maximum absolute atomic E-state index is 11.6. The summed E-state index contributed by atoms with van der Waals surface area (Å²) in [4.78, 5) is 15.8. The van der Waals surface area contributed by atoms with Crippen molar-refractivity contribution in [1.29, 1.82) is 0 Å². The van der Waals surface area contributed by atoms with Gasteiger partial charge in [0.25, 0.3) is 0 Å². The zero-order valence-corrected chi connectivity index (χ0v) is 10.4. The Hall–Kier alpha value is -1.36. The van der Waals surface area contributed by atoms with E-state index in [4.69, 9.17) is 4.74 Å². The van der Waals surface area contributed by atoms with Gasteiger partial charge in [-0.25, -0.2) is 4.98 Å². The van der Waals surface area contributed by atoms with Gasteiger partial charge >= 0.3 is 5.97 Å². The molecular weight excluding hydrogens is 206 g/mol. The van der Waals surface area contributed by atoms with Gasteiger partial charge in [0, 0.05) is 5.69 Å². The maximum atomic E-state index is 11.6. The summed E-state index contributed by atoms with van der Waals surface area (Å²) in [6.45, 7) is 5.90. The minimum atomic E-state index is -0.364. The lowest BCUT2D eigenvalue weighted by Crippen LogP contribution is -2.41. The molecule has 0 amide bonds. The molecule has 16 heavy (non-hydrogen) atoms. The quantitative estimate of drug-likeness (QED) is 0.771. The molecule has 90 valence electrons. The van der Waals surface area contributed by atoms with Crippen molar-refractivity contribution in [2.75, 3.05) is 14.2 Å². The molecule has 0 aromatic carbocycles. The predicted octanol–water partition coefficient (Wildman–Crippen LogP) is 0.822. The van der Waals surface area contributed by atoms with Gasteiger partial charge in [0.2, 0.25) is 0 Å². The molecule has 0 radical (unpaired) electrons. The normalized spacial score (nSPS) is 14.6. The number of hydrogen-bond donors (Lipinski definition) is 1. The molecule has 1 heterocycles. The van der Waals surface area contributed by atoms with Gasteiger partial charge in [-0.15, -0.1) is 0 Å². The van der Waals surface area contributed by atoms with Crippen LogP contribution in [0.1, 0.15) is 24.4 Å². The topological polar surface area (TPSA) is 56.1 Å². The average Bonchev–Trinajstić information content (AvgIpc) is 2.60. The number of nitrogens with zero attached hydrogens (tertiary/aromatic N) is 2. The smallest absolute Gasteiger partial charge is 0.325 e. The third-order valence-corrected chi connectivity index (χ3v) is 2.97. The van der Waals surface area contributed by atoms with E-state index in [0.717, 1.165) is 11.4 Å². The number of imidazole rings is 1. The van der Waals surface area contributed by atoms with E-state index in [9.17, 15) is 4.79 Å². The van der Waals surface area contributed by atoms with E-state index in [1.165, 1.54) is 7.11 Å². The first-order valence-corrected chi connectivity index (χ1v) is 5.28. The Morgan fingerprint density at radius 2 is 2.19 bits per heavy atom. The molecule has 1 N–H and O–H groups in total. The van der Waals surface area contributed by atoms with Crippen LogP contribution in [0.15, 0.2) is 6.33 Å². The minimum Gasteiger partial charge on any atom is -0.468 e. The van der Waals surface area contributed by atoms with Gasteiger partial charge in [0.1, 0.15) is 6.04 Å². The summed E-state index contributed by atoms with van der Waals surface area (Å²) in [5.74, 6) is -0.263. The summed E-state index contributed by atoms with van der Waals surface area (Å²) in [6.07, 6.45) is 1.75. The zero-order valence-electron chi connectivity index (χ0n) is 10.4. The molecule has 0 aliphatic heterocycles. The number of carbonyl (C=O) groups is 1. The molecule has 1 rings (SSSR count). The molecule has 1 aromatic rings. The van der Waals surface area contributed by atoms with Crippen LogP contribution < -0.4 is 5.32 Å². The number of likely N-dealkylation sites (N-methyl/N-ethyl adjacent to an activating group) is 1. The molecule has 0 fully saturated rings. The van der Waals surface area contributed by atoms with Crippen LogP contribution in [0.3, 0.4) is 0 Å². The van der Waals surface area contributed by atoms with Crippen molar-refractivity contribution in [3.8, 4) is 0 Å². The molecule has 0 bridgehead atoms. The second-order valence-electron chi connectivity index (χ2n) is 3.85. The number of nitrogens with one attached hydrogen (secondary N) is 1. The fraction of sp³-hybridized carbons (Fsp3) is 0.636. The molecule has 0 aliphatic rings. The zero-order chi connectivity index (χ0) is 12.3. The summed E-state index contributed by atoms with van der Waals surface area (Å²) < 4.78 is 6.74. The van der Waals surface area contributed by atoms with E-state index in [-0.39, 0.29) is 18.1 Å². The third kappa shape index (κ3) is 2.24. The Morgan fingerprint density at radius 1 is 1.56 bits per heavy atom. The highest BCUT2D eigenvalue weighted by atomic mass is 16.5. The molecule has 2 unspecified atom stereocenters. The Kier molecular flexibility index (Phi) is 4.06. The summed E-state index contributed by atoms with van der Waals surface area (Å²) >= 11 is 0. The van der Waals surface area contributed by atoms with Gasteiger partial charge in [-0.1, -0.05) is 0 Å². The van der Waals surface area contributed by atoms with Crippen LogP contribution in [0.5, 0.6) is 0 Å². The standard InChI is InChI=1S/C11H19N3O2/c1-7-8(2)14(6-13-7)9(3)10(12-4)11(15)16-5/h6,9-10,12H,1-5H3. The van der Waals surface area contributed by atoms with E-state index in [1.54, 1.807) is 13.4 Å². The van der Waals surface area contributed by atoms with Crippen LogP contribution in [-0.2, 0) is 9.53 Å². The number of esters is 1. The molecule has 5 nitrogen and oxygen atoms in total. The fourth-order valence-electron chi connectivity index (χ4n) is 1.77. The minimum absolute atomic E-state index is 0.0290. The van der Waals surface area contributed by atoms with Crippen LogP contribution in [-0.4, -0.2) is 35.7 Å². The maximum Gasteiger partial charge on any atom is 0.325 e. The monoisotopic (exact) mass is 225 g/mol. The highest BCUT2D eigenvalue weighted by Crippen LogP contribution is 2.16. The lowest BCUT2D eigenvalue weighted by atomic mass is 10.1. The average molecular weight is 225 g/mol. The lowest BCUT2D eigenvalue weighted by Gasteiger charge is -2.23. The van der Waals surface area contributed by atoms with Gasteiger partial charge in [-0.05, 0) is 27.8 Å². The molecule has 0 saturated carbocycles. The molecule has 5 heteroatoms. The van der Waals surface area contributed by atoms with Gasteiger partial charge in [-0.2, -0.15) is 0 Å². The highest BCUT2D eigenvalue weighted by Gasteiger charge is 2.26.